The quantitative estimate of drug-likeness (QED) is 0.712. The summed E-state index contributed by atoms with van der Waals surface area (Å²) in [6.45, 7) is 0.714. The molecule has 2 aromatic carbocycles. The first-order chi connectivity index (χ1) is 13.3. The van der Waals surface area contributed by atoms with Crippen LogP contribution < -0.4 is 4.74 Å². The van der Waals surface area contributed by atoms with Crippen LogP contribution in [-0.2, 0) is 17.6 Å². The van der Waals surface area contributed by atoms with Crippen molar-refractivity contribution in [2.75, 3.05) is 13.7 Å². The Labute approximate surface area is 159 Å². The lowest BCUT2D eigenvalue weighted by Crippen LogP contribution is -2.41. The number of pyridine rings is 1. The predicted octanol–water partition coefficient (Wildman–Crippen LogP) is 3.81. The lowest BCUT2D eigenvalue weighted by atomic mass is 9.88. The van der Waals surface area contributed by atoms with Crippen LogP contribution in [0.2, 0.25) is 0 Å². The first-order valence-electron chi connectivity index (χ1n) is 9.16. The van der Waals surface area contributed by atoms with Crippen molar-refractivity contribution in [3.05, 3.63) is 95.3 Å². The third-order valence-electron chi connectivity index (χ3n) is 5.12. The predicted molar refractivity (Wildman–Crippen MR) is 105 cm³/mol. The van der Waals surface area contributed by atoms with Gasteiger partial charge in [-0.2, -0.15) is 0 Å². The first kappa shape index (κ1) is 17.3. The number of aromatic nitrogens is 1. The monoisotopic (exact) mass is 358 g/mol. The van der Waals surface area contributed by atoms with Gasteiger partial charge >= 0.3 is 0 Å². The highest BCUT2D eigenvalue weighted by atomic mass is 16.5. The standard InChI is InChI=1S/C23H22N2O2/c1-27-20-10-8-17(9-11-20)15-22(26)25-14-12-18-5-2-3-7-21(18)23(25)19-6-4-13-24-16-19/h2-11,13,16,23H,12,14-15H2,1H3. The summed E-state index contributed by atoms with van der Waals surface area (Å²) in [5.41, 5.74) is 4.54. The van der Waals surface area contributed by atoms with Crippen LogP contribution in [0, 0.1) is 0 Å². The molecule has 27 heavy (non-hydrogen) atoms. The molecule has 0 aliphatic carbocycles. The molecule has 1 aliphatic rings. The van der Waals surface area contributed by atoms with Gasteiger partial charge in [0.15, 0.2) is 0 Å². The van der Waals surface area contributed by atoms with E-state index >= 15 is 0 Å². The fraction of sp³-hybridized carbons (Fsp3) is 0.217. The smallest absolute Gasteiger partial charge is 0.227 e. The van der Waals surface area contributed by atoms with Gasteiger partial charge in [0.05, 0.1) is 19.6 Å². The largest absolute Gasteiger partial charge is 0.497 e. The van der Waals surface area contributed by atoms with Crippen molar-refractivity contribution in [2.45, 2.75) is 18.9 Å². The molecule has 0 fully saturated rings. The third-order valence-corrected chi connectivity index (χ3v) is 5.12. The molecule has 0 saturated heterocycles. The third kappa shape index (κ3) is 3.56. The van der Waals surface area contributed by atoms with Crippen molar-refractivity contribution >= 4 is 5.91 Å². The van der Waals surface area contributed by atoms with Gasteiger partial charge < -0.3 is 9.64 Å². The molecule has 0 spiro atoms. The Balaban J connectivity index is 1.64. The van der Waals surface area contributed by atoms with Crippen LogP contribution in [-0.4, -0.2) is 29.4 Å². The minimum atomic E-state index is -0.0885. The summed E-state index contributed by atoms with van der Waals surface area (Å²) in [6, 6.07) is 20.0. The van der Waals surface area contributed by atoms with Crippen LogP contribution in [0.4, 0.5) is 0 Å². The molecule has 1 atom stereocenters. The molecule has 0 saturated carbocycles. The lowest BCUT2D eigenvalue weighted by Gasteiger charge is -2.37. The van der Waals surface area contributed by atoms with Crippen LogP contribution >= 0.6 is 0 Å². The Morgan fingerprint density at radius 1 is 1.11 bits per heavy atom. The van der Waals surface area contributed by atoms with E-state index in [-0.39, 0.29) is 11.9 Å². The first-order valence-corrected chi connectivity index (χ1v) is 9.16. The molecule has 2 heterocycles. The molecule has 4 nitrogen and oxygen atoms in total. The van der Waals surface area contributed by atoms with Gasteiger partial charge in [0.2, 0.25) is 5.91 Å². The van der Waals surface area contributed by atoms with Crippen molar-refractivity contribution in [3.63, 3.8) is 0 Å². The van der Waals surface area contributed by atoms with E-state index in [0.29, 0.717) is 13.0 Å². The molecule has 0 N–H and O–H groups in total. The normalized spacial score (nSPS) is 15.9. The van der Waals surface area contributed by atoms with E-state index in [1.54, 1.807) is 13.3 Å². The molecule has 1 amide bonds. The molecule has 3 aromatic rings. The maximum atomic E-state index is 13.2. The van der Waals surface area contributed by atoms with Crippen LogP contribution in [0.5, 0.6) is 5.75 Å². The Morgan fingerprint density at radius 2 is 1.93 bits per heavy atom. The van der Waals surface area contributed by atoms with Crippen molar-refractivity contribution < 1.29 is 9.53 Å². The topological polar surface area (TPSA) is 42.4 Å². The number of nitrogens with zero attached hydrogens (tertiary/aromatic N) is 2. The van der Waals surface area contributed by atoms with Gasteiger partial charge in [-0.05, 0) is 46.9 Å². The Bertz CT molecular complexity index is 923. The second kappa shape index (κ2) is 7.62. The highest BCUT2D eigenvalue weighted by Gasteiger charge is 2.31. The van der Waals surface area contributed by atoms with E-state index in [0.717, 1.165) is 23.3 Å². The summed E-state index contributed by atoms with van der Waals surface area (Å²) in [5, 5.41) is 0. The van der Waals surface area contributed by atoms with Gasteiger partial charge in [-0.3, -0.25) is 9.78 Å². The summed E-state index contributed by atoms with van der Waals surface area (Å²) in [4.78, 5) is 19.5. The number of fused-ring (bicyclic) bond motifs is 1. The van der Waals surface area contributed by atoms with Gasteiger partial charge in [-0.1, -0.05) is 42.5 Å². The van der Waals surface area contributed by atoms with Gasteiger partial charge in [-0.15, -0.1) is 0 Å². The van der Waals surface area contributed by atoms with E-state index in [4.69, 9.17) is 4.74 Å². The van der Waals surface area contributed by atoms with Gasteiger partial charge in [0, 0.05) is 18.9 Å². The number of amides is 1. The maximum absolute atomic E-state index is 13.2. The minimum absolute atomic E-state index is 0.0885. The van der Waals surface area contributed by atoms with Crippen LogP contribution in [0.25, 0.3) is 0 Å². The van der Waals surface area contributed by atoms with Crippen molar-refractivity contribution in [2.24, 2.45) is 0 Å². The van der Waals surface area contributed by atoms with Crippen molar-refractivity contribution in [1.82, 2.24) is 9.88 Å². The van der Waals surface area contributed by atoms with Crippen LogP contribution in [0.1, 0.15) is 28.3 Å². The Hall–Kier alpha value is -3.14. The molecular weight excluding hydrogens is 336 g/mol. The highest BCUT2D eigenvalue weighted by Crippen LogP contribution is 2.35. The van der Waals surface area contributed by atoms with Crippen molar-refractivity contribution in [3.8, 4) is 5.75 Å². The zero-order valence-corrected chi connectivity index (χ0v) is 15.3. The SMILES string of the molecule is COc1ccc(CC(=O)N2CCc3ccccc3C2c2cccnc2)cc1. The maximum Gasteiger partial charge on any atom is 0.227 e. The summed E-state index contributed by atoms with van der Waals surface area (Å²) < 4.78 is 5.20. The molecule has 136 valence electrons. The zero-order chi connectivity index (χ0) is 18.6. The van der Waals surface area contributed by atoms with E-state index in [1.165, 1.54) is 11.1 Å². The molecule has 1 aliphatic heterocycles. The number of ether oxygens (including phenoxy) is 1. The molecule has 4 heteroatoms. The van der Waals surface area contributed by atoms with Crippen LogP contribution in [0.3, 0.4) is 0 Å². The van der Waals surface area contributed by atoms with E-state index in [1.807, 2.05) is 53.6 Å². The number of carbonyl (C=O) groups is 1. The lowest BCUT2D eigenvalue weighted by molar-refractivity contribution is -0.132. The second-order valence-corrected chi connectivity index (χ2v) is 6.75. The van der Waals surface area contributed by atoms with E-state index in [2.05, 4.69) is 23.2 Å². The average molecular weight is 358 g/mol. The van der Waals surface area contributed by atoms with Crippen molar-refractivity contribution in [1.29, 1.82) is 0 Å². The number of hydrogen-bond donors (Lipinski definition) is 0. The number of carbonyl (C=O) groups excluding carboxylic acids is 1. The number of benzene rings is 2. The molecule has 0 radical (unpaired) electrons. The number of rotatable bonds is 4. The summed E-state index contributed by atoms with van der Waals surface area (Å²) in [5.74, 6) is 0.926. The molecular formula is C23H22N2O2. The van der Waals surface area contributed by atoms with Crippen LogP contribution in [0.15, 0.2) is 73.1 Å². The average Bonchev–Trinajstić information content (AvgIpc) is 2.74. The molecule has 0 bridgehead atoms. The molecule has 1 aromatic heterocycles. The minimum Gasteiger partial charge on any atom is -0.497 e. The van der Waals surface area contributed by atoms with Gasteiger partial charge in [0.25, 0.3) is 0 Å². The Morgan fingerprint density at radius 3 is 2.67 bits per heavy atom. The zero-order valence-electron chi connectivity index (χ0n) is 15.3. The summed E-state index contributed by atoms with van der Waals surface area (Å²) in [6.07, 6.45) is 4.88. The molecule has 4 rings (SSSR count). The fourth-order valence-electron chi connectivity index (χ4n) is 3.75. The van der Waals surface area contributed by atoms with E-state index < -0.39 is 0 Å². The highest BCUT2D eigenvalue weighted by molar-refractivity contribution is 5.80. The van der Waals surface area contributed by atoms with Gasteiger partial charge in [0.1, 0.15) is 5.75 Å². The molecule has 1 unspecified atom stereocenters. The fourth-order valence-corrected chi connectivity index (χ4v) is 3.75. The second-order valence-electron chi connectivity index (χ2n) is 6.75. The Kier molecular flexibility index (Phi) is 4.88. The van der Waals surface area contributed by atoms with E-state index in [9.17, 15) is 4.79 Å². The number of hydrogen-bond acceptors (Lipinski definition) is 3. The summed E-state index contributed by atoms with van der Waals surface area (Å²) >= 11 is 0. The van der Waals surface area contributed by atoms with Gasteiger partial charge in [-0.25, -0.2) is 0 Å². The number of methoxy groups -OCH3 is 1. The summed E-state index contributed by atoms with van der Waals surface area (Å²) in [7, 11) is 1.64.